The molecule has 3 N–H and O–H groups in total. The van der Waals surface area contributed by atoms with Crippen molar-refractivity contribution in [2.75, 3.05) is 12.5 Å². The average molecular weight is 210 g/mol. The first-order valence-corrected chi connectivity index (χ1v) is 4.93. The Bertz CT molecular complexity index is 338. The standard InChI is InChI=1S/C10H18N4O/c1-6(2)9-7(3)12-8(5-15-4)13-10(9)14-11/h6H,5,11H2,1-4H3,(H,12,13,14). The van der Waals surface area contributed by atoms with Crippen LogP contribution in [0.2, 0.25) is 0 Å². The van der Waals surface area contributed by atoms with Crippen LogP contribution in [0.25, 0.3) is 0 Å². The Morgan fingerprint density at radius 2 is 2.07 bits per heavy atom. The number of hydrogen-bond donors (Lipinski definition) is 2. The summed E-state index contributed by atoms with van der Waals surface area (Å²) in [5.74, 6) is 7.11. The van der Waals surface area contributed by atoms with E-state index < -0.39 is 0 Å². The zero-order valence-corrected chi connectivity index (χ0v) is 9.66. The molecule has 0 amide bonds. The molecule has 0 radical (unpaired) electrons. The van der Waals surface area contributed by atoms with Gasteiger partial charge in [-0.2, -0.15) is 0 Å². The maximum Gasteiger partial charge on any atom is 0.156 e. The van der Waals surface area contributed by atoms with Crippen LogP contribution >= 0.6 is 0 Å². The molecule has 0 aliphatic rings. The molecule has 0 bridgehead atoms. The van der Waals surface area contributed by atoms with Gasteiger partial charge in [0.25, 0.3) is 0 Å². The zero-order valence-electron chi connectivity index (χ0n) is 9.66. The number of methoxy groups -OCH3 is 1. The second kappa shape index (κ2) is 5.04. The Kier molecular flexibility index (Phi) is 3.99. The van der Waals surface area contributed by atoms with Crippen molar-refractivity contribution in [3.05, 3.63) is 17.1 Å². The van der Waals surface area contributed by atoms with Crippen molar-refractivity contribution in [2.45, 2.75) is 33.3 Å². The third-order valence-electron chi connectivity index (χ3n) is 2.17. The molecule has 0 spiro atoms. The minimum Gasteiger partial charge on any atom is -0.377 e. The quantitative estimate of drug-likeness (QED) is 0.579. The fraction of sp³-hybridized carbons (Fsp3) is 0.600. The molecule has 0 unspecified atom stereocenters. The summed E-state index contributed by atoms with van der Waals surface area (Å²) >= 11 is 0. The SMILES string of the molecule is COCc1nc(C)c(C(C)C)c(NN)n1. The van der Waals surface area contributed by atoms with E-state index in [9.17, 15) is 0 Å². The Labute approximate surface area is 90.0 Å². The third kappa shape index (κ3) is 2.64. The molecular formula is C10H18N4O. The number of nitrogens with zero attached hydrogens (tertiary/aromatic N) is 2. The summed E-state index contributed by atoms with van der Waals surface area (Å²) in [6, 6.07) is 0. The summed E-state index contributed by atoms with van der Waals surface area (Å²) in [6.07, 6.45) is 0. The highest BCUT2D eigenvalue weighted by molar-refractivity contribution is 5.47. The number of anilines is 1. The lowest BCUT2D eigenvalue weighted by Gasteiger charge is -2.14. The minimum atomic E-state index is 0.340. The fourth-order valence-corrected chi connectivity index (χ4v) is 1.63. The maximum absolute atomic E-state index is 5.44. The second-order valence-corrected chi connectivity index (χ2v) is 3.72. The molecule has 0 fully saturated rings. The third-order valence-corrected chi connectivity index (χ3v) is 2.17. The molecule has 84 valence electrons. The molecule has 0 aromatic carbocycles. The number of nitrogen functional groups attached to an aromatic ring is 1. The Morgan fingerprint density at radius 3 is 2.53 bits per heavy atom. The topological polar surface area (TPSA) is 73.1 Å². The smallest absolute Gasteiger partial charge is 0.156 e. The molecule has 0 saturated heterocycles. The number of hydrogen-bond acceptors (Lipinski definition) is 5. The molecule has 5 heteroatoms. The van der Waals surface area contributed by atoms with Crippen molar-refractivity contribution in [2.24, 2.45) is 5.84 Å². The highest BCUT2D eigenvalue weighted by Gasteiger charge is 2.13. The van der Waals surface area contributed by atoms with Crippen LogP contribution in [-0.4, -0.2) is 17.1 Å². The highest BCUT2D eigenvalue weighted by atomic mass is 16.5. The van der Waals surface area contributed by atoms with Crippen LogP contribution in [0.3, 0.4) is 0 Å². The van der Waals surface area contributed by atoms with E-state index >= 15 is 0 Å². The van der Waals surface area contributed by atoms with E-state index in [0.717, 1.165) is 11.3 Å². The molecule has 1 aromatic rings. The number of rotatable bonds is 4. The van der Waals surface area contributed by atoms with Crippen molar-refractivity contribution in [1.29, 1.82) is 0 Å². The first-order valence-electron chi connectivity index (χ1n) is 4.93. The monoisotopic (exact) mass is 210 g/mol. The van der Waals surface area contributed by atoms with Crippen LogP contribution in [0.1, 0.15) is 36.8 Å². The normalized spacial score (nSPS) is 10.8. The number of nitrogens with one attached hydrogen (secondary N) is 1. The Morgan fingerprint density at radius 1 is 1.40 bits per heavy atom. The van der Waals surface area contributed by atoms with Gasteiger partial charge in [0.05, 0.1) is 0 Å². The van der Waals surface area contributed by atoms with Gasteiger partial charge in [0.2, 0.25) is 0 Å². The summed E-state index contributed by atoms with van der Waals surface area (Å²) < 4.78 is 4.99. The first kappa shape index (κ1) is 11.9. The van der Waals surface area contributed by atoms with Crippen molar-refractivity contribution < 1.29 is 4.74 Å². The van der Waals surface area contributed by atoms with E-state index in [1.54, 1.807) is 7.11 Å². The number of hydrazine groups is 1. The number of aryl methyl sites for hydroxylation is 1. The lowest BCUT2D eigenvalue weighted by atomic mass is 10.0. The lowest BCUT2D eigenvalue weighted by Crippen LogP contribution is -2.15. The molecule has 1 aromatic heterocycles. The average Bonchev–Trinajstić information content (AvgIpc) is 2.16. The van der Waals surface area contributed by atoms with E-state index in [-0.39, 0.29) is 0 Å². The summed E-state index contributed by atoms with van der Waals surface area (Å²) in [5.41, 5.74) is 4.61. The van der Waals surface area contributed by atoms with Crippen LogP contribution in [0.15, 0.2) is 0 Å². The largest absolute Gasteiger partial charge is 0.377 e. The fourth-order valence-electron chi connectivity index (χ4n) is 1.63. The molecular weight excluding hydrogens is 192 g/mol. The predicted molar refractivity (Wildman–Crippen MR) is 59.4 cm³/mol. The van der Waals surface area contributed by atoms with Crippen molar-refractivity contribution >= 4 is 5.82 Å². The second-order valence-electron chi connectivity index (χ2n) is 3.72. The van der Waals surface area contributed by atoms with Crippen LogP contribution in [-0.2, 0) is 11.3 Å². The maximum atomic E-state index is 5.44. The van der Waals surface area contributed by atoms with E-state index in [1.165, 1.54) is 0 Å². The van der Waals surface area contributed by atoms with Gasteiger partial charge in [-0.3, -0.25) is 0 Å². The first-order chi connectivity index (χ1) is 7.10. The van der Waals surface area contributed by atoms with Gasteiger partial charge in [0.15, 0.2) is 5.82 Å². The summed E-state index contributed by atoms with van der Waals surface area (Å²) in [6.45, 7) is 6.52. The van der Waals surface area contributed by atoms with Gasteiger partial charge in [0, 0.05) is 18.4 Å². The van der Waals surface area contributed by atoms with Gasteiger partial charge in [-0.05, 0) is 12.8 Å². The predicted octanol–water partition coefficient (Wildman–Crippen LogP) is 1.34. The van der Waals surface area contributed by atoms with Crippen molar-refractivity contribution in [3.8, 4) is 0 Å². The van der Waals surface area contributed by atoms with Crippen LogP contribution in [0.5, 0.6) is 0 Å². The van der Waals surface area contributed by atoms with Gasteiger partial charge in [-0.15, -0.1) is 0 Å². The van der Waals surface area contributed by atoms with E-state index in [4.69, 9.17) is 10.6 Å². The molecule has 0 saturated carbocycles. The van der Waals surface area contributed by atoms with Gasteiger partial charge in [-0.25, -0.2) is 15.8 Å². The van der Waals surface area contributed by atoms with Gasteiger partial charge in [0.1, 0.15) is 12.4 Å². The minimum absolute atomic E-state index is 0.340. The summed E-state index contributed by atoms with van der Waals surface area (Å²) in [5, 5.41) is 0. The van der Waals surface area contributed by atoms with E-state index in [1.807, 2.05) is 6.92 Å². The summed E-state index contributed by atoms with van der Waals surface area (Å²) in [4.78, 5) is 8.65. The van der Waals surface area contributed by atoms with Crippen LogP contribution in [0, 0.1) is 6.92 Å². The Balaban J connectivity index is 3.18. The molecule has 5 nitrogen and oxygen atoms in total. The Hall–Kier alpha value is -1.20. The molecule has 0 aliphatic heterocycles. The number of nitrogens with two attached hydrogens (primary N) is 1. The lowest BCUT2D eigenvalue weighted by molar-refractivity contribution is 0.177. The van der Waals surface area contributed by atoms with E-state index in [0.29, 0.717) is 24.2 Å². The molecule has 1 rings (SSSR count). The van der Waals surface area contributed by atoms with Crippen molar-refractivity contribution in [3.63, 3.8) is 0 Å². The molecule has 0 atom stereocenters. The molecule has 0 aliphatic carbocycles. The number of aromatic nitrogens is 2. The van der Waals surface area contributed by atoms with Crippen LogP contribution < -0.4 is 11.3 Å². The van der Waals surface area contributed by atoms with Gasteiger partial charge in [-0.1, -0.05) is 13.8 Å². The number of ether oxygens (including phenoxy) is 1. The van der Waals surface area contributed by atoms with Gasteiger partial charge < -0.3 is 10.2 Å². The molecule has 1 heterocycles. The molecule has 15 heavy (non-hydrogen) atoms. The van der Waals surface area contributed by atoms with Gasteiger partial charge >= 0.3 is 0 Å². The van der Waals surface area contributed by atoms with E-state index in [2.05, 4.69) is 29.2 Å². The summed E-state index contributed by atoms with van der Waals surface area (Å²) in [7, 11) is 1.62. The van der Waals surface area contributed by atoms with Crippen molar-refractivity contribution in [1.82, 2.24) is 9.97 Å². The highest BCUT2D eigenvalue weighted by Crippen LogP contribution is 2.24. The van der Waals surface area contributed by atoms with Crippen LogP contribution in [0.4, 0.5) is 5.82 Å². The zero-order chi connectivity index (χ0) is 11.4.